The van der Waals surface area contributed by atoms with Crippen molar-refractivity contribution < 1.29 is 41.5 Å². The summed E-state index contributed by atoms with van der Waals surface area (Å²) in [5.41, 5.74) is 5.81. The van der Waals surface area contributed by atoms with Gasteiger partial charge in [-0.05, 0) is 173 Å². The molecule has 102 heavy (non-hydrogen) atoms. The summed E-state index contributed by atoms with van der Waals surface area (Å²) < 4.78 is 58.1. The van der Waals surface area contributed by atoms with Gasteiger partial charge in [0, 0.05) is 107 Å². The van der Waals surface area contributed by atoms with E-state index in [9.17, 15) is 36.7 Å². The monoisotopic (exact) mass is 1420 g/mol. The van der Waals surface area contributed by atoms with Crippen LogP contribution in [0.25, 0.3) is 11.1 Å². The first-order chi connectivity index (χ1) is 49.2. The molecule has 1 saturated carbocycles. The van der Waals surface area contributed by atoms with Crippen LogP contribution in [-0.2, 0) is 30.5 Å². The number of anilines is 3. The van der Waals surface area contributed by atoms with Gasteiger partial charge in [0.2, 0.25) is 0 Å². The van der Waals surface area contributed by atoms with Gasteiger partial charge in [0.05, 0.1) is 30.1 Å². The molecule has 4 aliphatic rings. The van der Waals surface area contributed by atoms with Gasteiger partial charge < -0.3 is 50.1 Å². The molecule has 6 aromatic carbocycles. The first-order valence-electron chi connectivity index (χ1n) is 36.6. The average Bonchev–Trinajstić information content (AvgIpc) is 1.35. The number of carbonyl (C=O) groups excluding carboxylic acids is 4. The van der Waals surface area contributed by atoms with Gasteiger partial charge in [-0.25, -0.2) is 28.6 Å². The number of methoxy groups -OCH3 is 1. The number of alkyl halides is 3. The van der Waals surface area contributed by atoms with Crippen LogP contribution < -0.4 is 16.0 Å². The van der Waals surface area contributed by atoms with Crippen molar-refractivity contribution in [2.75, 3.05) is 62.3 Å². The van der Waals surface area contributed by atoms with E-state index in [1.165, 1.54) is 58.5 Å². The van der Waals surface area contributed by atoms with Crippen molar-refractivity contribution in [3.8, 4) is 11.1 Å². The molecule has 4 fully saturated rings. The number of urea groups is 3. The molecule has 3 unspecified atom stereocenters. The van der Waals surface area contributed by atoms with E-state index in [0.717, 1.165) is 129 Å². The van der Waals surface area contributed by atoms with Crippen LogP contribution in [0.2, 0.25) is 5.15 Å². The summed E-state index contributed by atoms with van der Waals surface area (Å²) in [5.74, 6) is -0.666. The lowest BCUT2D eigenvalue weighted by molar-refractivity contribution is -0.137. The number of pyridine rings is 1. The SMILES string of the molecule is CC(C1CCCC1)N1CCC(N(Cc2ccccc2)C(=O)Nc2cc(F)cc(C(F)(F)F)c2)CC1.CCCC(C)N1CCC(N(Cc2ccccc2)C(=O)Nc2ccc(-c3ccc(C(=O)OC)cc3)cc2)CC1.CCCC(C)N1CCC(N(Cc2ccccc2)C(=O)Nc2ccc(Cl)nc2)CC1. The van der Waals surface area contributed by atoms with E-state index in [0.29, 0.717) is 60.2 Å². The molecule has 1 aromatic heterocycles. The Balaban J connectivity index is 0.000000180. The third-order valence-electron chi connectivity index (χ3n) is 20.7. The fourth-order valence-corrected chi connectivity index (χ4v) is 14.9. The number of benzene rings is 6. The Morgan fingerprint density at radius 3 is 1.30 bits per heavy atom. The third kappa shape index (κ3) is 23.1. The highest BCUT2D eigenvalue weighted by Crippen LogP contribution is 2.35. The summed E-state index contributed by atoms with van der Waals surface area (Å²) >= 11 is 5.86. The number of nitrogens with zero attached hydrogens (tertiary/aromatic N) is 7. The highest BCUT2D eigenvalue weighted by molar-refractivity contribution is 6.29. The van der Waals surface area contributed by atoms with E-state index in [-0.39, 0.29) is 41.8 Å². The van der Waals surface area contributed by atoms with Crippen LogP contribution in [0.4, 0.5) is 49.0 Å². The zero-order valence-electron chi connectivity index (χ0n) is 60.1. The minimum atomic E-state index is -4.70. The summed E-state index contributed by atoms with van der Waals surface area (Å²) in [7, 11) is 1.38. The van der Waals surface area contributed by atoms with Crippen molar-refractivity contribution in [2.24, 2.45) is 5.92 Å². The largest absolute Gasteiger partial charge is 0.465 e. The van der Waals surface area contributed by atoms with Crippen LogP contribution in [0.15, 0.2) is 176 Å². The van der Waals surface area contributed by atoms with Crippen LogP contribution in [0.5, 0.6) is 0 Å². The van der Waals surface area contributed by atoms with Crippen LogP contribution in [0, 0.1) is 11.7 Å². The van der Waals surface area contributed by atoms with E-state index in [1.807, 2.05) is 113 Å². The highest BCUT2D eigenvalue weighted by atomic mass is 35.5. The van der Waals surface area contributed by atoms with Gasteiger partial charge in [-0.3, -0.25) is 0 Å². The second-order valence-corrected chi connectivity index (χ2v) is 28.1. The number of esters is 1. The summed E-state index contributed by atoms with van der Waals surface area (Å²) in [6, 6.07) is 52.0. The number of rotatable bonds is 22. The smallest absolute Gasteiger partial charge is 0.416 e. The minimum Gasteiger partial charge on any atom is -0.465 e. The van der Waals surface area contributed by atoms with E-state index in [4.69, 9.17) is 16.3 Å². The van der Waals surface area contributed by atoms with Crippen molar-refractivity contribution in [1.29, 1.82) is 0 Å². The molecule has 4 heterocycles. The number of hydrogen-bond donors (Lipinski definition) is 3. The molecule has 6 amide bonds. The molecule has 15 nitrogen and oxygen atoms in total. The number of aromatic nitrogens is 1. The van der Waals surface area contributed by atoms with Crippen molar-refractivity contribution in [3.63, 3.8) is 0 Å². The normalized spacial score (nSPS) is 16.8. The van der Waals surface area contributed by atoms with E-state index in [2.05, 4.69) is 94.5 Å². The maximum atomic E-state index is 13.9. The number of hydrogen-bond acceptors (Lipinski definition) is 9. The lowest BCUT2D eigenvalue weighted by atomic mass is 9.94. The predicted molar refractivity (Wildman–Crippen MR) is 401 cm³/mol. The maximum absolute atomic E-state index is 13.9. The van der Waals surface area contributed by atoms with Gasteiger partial charge in [-0.2, -0.15) is 13.2 Å². The number of ether oxygens (including phenoxy) is 1. The van der Waals surface area contributed by atoms with Crippen LogP contribution >= 0.6 is 11.6 Å². The lowest BCUT2D eigenvalue weighted by Gasteiger charge is -2.42. The second kappa shape index (κ2) is 38.8. The Bertz CT molecular complexity index is 3680. The van der Waals surface area contributed by atoms with Crippen LogP contribution in [0.1, 0.15) is 157 Å². The summed E-state index contributed by atoms with van der Waals surface area (Å²) in [6.07, 6.45) is 12.4. The summed E-state index contributed by atoms with van der Waals surface area (Å²) in [5, 5.41) is 9.07. The van der Waals surface area contributed by atoms with Crippen LogP contribution in [-0.4, -0.2) is 141 Å². The fourth-order valence-electron chi connectivity index (χ4n) is 14.8. The van der Waals surface area contributed by atoms with E-state index in [1.54, 1.807) is 35.4 Å². The molecule has 7 aromatic rings. The van der Waals surface area contributed by atoms with Gasteiger partial charge in [0.15, 0.2) is 0 Å². The topological polar surface area (TPSA) is 146 Å². The Morgan fingerprint density at radius 2 is 0.912 bits per heavy atom. The Labute approximate surface area is 606 Å². The first kappa shape index (κ1) is 77.8. The molecule has 0 bridgehead atoms. The summed E-state index contributed by atoms with van der Waals surface area (Å²) in [4.78, 5) is 69.1. The number of halogens is 5. The predicted octanol–water partition coefficient (Wildman–Crippen LogP) is 19.2. The highest BCUT2D eigenvalue weighted by Gasteiger charge is 2.36. The lowest BCUT2D eigenvalue weighted by Crippen LogP contribution is -2.51. The molecule has 0 radical (unpaired) electrons. The molecule has 0 spiro atoms. The zero-order valence-corrected chi connectivity index (χ0v) is 60.9. The zero-order chi connectivity index (χ0) is 72.5. The Hall–Kier alpha value is -8.36. The molecule has 3 atom stereocenters. The van der Waals surface area contributed by atoms with Crippen molar-refractivity contribution in [2.45, 2.75) is 187 Å². The molecule has 11 rings (SSSR count). The molecule has 1 aliphatic carbocycles. The Morgan fingerprint density at radius 1 is 0.520 bits per heavy atom. The van der Waals surface area contributed by atoms with Gasteiger partial charge in [-0.15, -0.1) is 0 Å². The molecular formula is C82H103ClF4N10O5. The molecule has 3 aliphatic heterocycles. The molecule has 546 valence electrons. The molecular weight excluding hydrogens is 1320 g/mol. The second-order valence-electron chi connectivity index (χ2n) is 27.7. The standard InChI is InChI=1S/C32H39N3O3.C27H33F4N3O.C23H31ClN4O/c1-4-8-24(2)34-21-19-30(20-22-34)35(23-25-9-6-5-7-10-25)32(37)33-29-17-15-27(16-18-29)26-11-13-28(14-12-26)31(36)38-3;1-19(21-9-5-6-10-21)33-13-11-25(12-14-33)34(18-20-7-3-2-4-8-20)26(35)32-24-16-22(27(29,30)31)15-23(28)17-24;1-3-7-18(2)27-14-12-21(13-15-27)28(17-19-8-5-4-6-9-19)23(29)26-20-10-11-22(24)25-16-20/h5-7,9-18,24,30H,4,8,19-23H2,1-3H3,(H,33,37);2-4,7-8,15-17,19,21,25H,5-6,9-14,18H2,1H3,(H,32,35);4-6,8-11,16,18,21H,3,7,12-15,17H2,1-2H3,(H,26,29). The van der Waals surface area contributed by atoms with E-state index < -0.39 is 23.6 Å². The van der Waals surface area contributed by atoms with E-state index >= 15 is 0 Å². The molecule has 3 saturated heterocycles. The Kier molecular flexibility index (Phi) is 29.6. The molecule has 20 heteroatoms. The van der Waals surface area contributed by atoms with Gasteiger partial charge in [-0.1, -0.05) is 166 Å². The average molecular weight is 1420 g/mol. The van der Waals surface area contributed by atoms with Gasteiger partial charge >= 0.3 is 30.2 Å². The number of nitrogens with one attached hydrogen (secondary N) is 3. The summed E-state index contributed by atoms with van der Waals surface area (Å²) in [6.45, 7) is 18.8. The maximum Gasteiger partial charge on any atom is 0.416 e. The quantitative estimate of drug-likeness (QED) is 0.0343. The number of piperidine rings is 3. The third-order valence-corrected chi connectivity index (χ3v) is 21.0. The fraction of sp³-hybridized carbons (Fsp3) is 0.451. The number of carbonyl (C=O) groups is 4. The minimum absolute atomic E-state index is 0.0575. The van der Waals surface area contributed by atoms with Crippen molar-refractivity contribution >= 4 is 52.7 Å². The number of likely N-dealkylation sites (tertiary alicyclic amines) is 3. The van der Waals surface area contributed by atoms with Crippen molar-refractivity contribution in [1.82, 2.24) is 34.4 Å². The van der Waals surface area contributed by atoms with Gasteiger partial charge in [0.1, 0.15) is 11.0 Å². The van der Waals surface area contributed by atoms with Crippen LogP contribution in [0.3, 0.4) is 0 Å². The molecule has 3 N–H and O–H groups in total. The first-order valence-corrected chi connectivity index (χ1v) is 37.0. The van der Waals surface area contributed by atoms with Gasteiger partial charge in [0.25, 0.3) is 0 Å². The number of amides is 6. The van der Waals surface area contributed by atoms with Crippen molar-refractivity contribution in [3.05, 3.63) is 215 Å².